The highest BCUT2D eigenvalue weighted by molar-refractivity contribution is 5.75. The maximum Gasteiger partial charge on any atom is 0.116 e. The molecular formula is C17H20N4. The van der Waals surface area contributed by atoms with Crippen LogP contribution < -0.4 is 0 Å². The highest BCUT2D eigenvalue weighted by atomic mass is 15.2. The summed E-state index contributed by atoms with van der Waals surface area (Å²) in [7, 11) is 0. The number of aromatic nitrogens is 3. The highest BCUT2D eigenvalue weighted by Gasteiger charge is 2.23. The van der Waals surface area contributed by atoms with E-state index in [1.807, 2.05) is 19.1 Å². The van der Waals surface area contributed by atoms with E-state index in [1.165, 1.54) is 6.42 Å². The summed E-state index contributed by atoms with van der Waals surface area (Å²) in [5, 5.41) is 0. The second-order valence-electron chi connectivity index (χ2n) is 5.63. The number of aryl methyl sites for hydroxylation is 1. The van der Waals surface area contributed by atoms with E-state index in [9.17, 15) is 0 Å². The molecule has 3 rings (SSSR count). The highest BCUT2D eigenvalue weighted by Crippen LogP contribution is 2.24. The van der Waals surface area contributed by atoms with Gasteiger partial charge in [-0.25, -0.2) is 15.0 Å². The summed E-state index contributed by atoms with van der Waals surface area (Å²) in [4.78, 5) is 15.5. The zero-order chi connectivity index (χ0) is 14.8. The lowest BCUT2D eigenvalue weighted by Gasteiger charge is -2.18. The average Bonchev–Trinajstić information content (AvgIpc) is 2.96. The fraction of sp³-hybridized carbons (Fsp3) is 0.353. The minimum absolute atomic E-state index is 0.622. The van der Waals surface area contributed by atoms with Gasteiger partial charge in [-0.2, -0.15) is 0 Å². The molecule has 2 aromatic rings. The lowest BCUT2D eigenvalue weighted by atomic mass is 10.0. The van der Waals surface area contributed by atoms with Crippen molar-refractivity contribution in [1.82, 2.24) is 19.9 Å². The molecule has 2 aromatic heterocycles. The molecule has 0 radical (unpaired) electrons. The fourth-order valence-electron chi connectivity index (χ4n) is 2.90. The van der Waals surface area contributed by atoms with E-state index < -0.39 is 0 Å². The van der Waals surface area contributed by atoms with Crippen LogP contribution in [0.15, 0.2) is 43.4 Å². The largest absolute Gasteiger partial charge is 0.372 e. The van der Waals surface area contributed by atoms with Crippen LogP contribution in [0.5, 0.6) is 0 Å². The number of pyridine rings is 1. The van der Waals surface area contributed by atoms with Crippen LogP contribution >= 0.6 is 0 Å². The second-order valence-corrected chi connectivity index (χ2v) is 5.63. The molecule has 0 N–H and O–H groups in total. The molecule has 108 valence electrons. The molecule has 1 unspecified atom stereocenters. The van der Waals surface area contributed by atoms with E-state index in [4.69, 9.17) is 4.98 Å². The standard InChI is InChI=1S/C17H20N4/c1-4-12(2)21-8-7-14(10-21)9-15-5-6-16-17(20-15)13(3)18-11-19-16/h4-6,11,14H,1-2,7-10H2,3H3. The van der Waals surface area contributed by atoms with Gasteiger partial charge in [-0.05, 0) is 43.9 Å². The summed E-state index contributed by atoms with van der Waals surface area (Å²) < 4.78 is 0. The Bertz CT molecular complexity index is 692. The molecule has 0 aliphatic carbocycles. The van der Waals surface area contributed by atoms with Crippen LogP contribution in [0.4, 0.5) is 0 Å². The first-order chi connectivity index (χ1) is 10.2. The van der Waals surface area contributed by atoms with Gasteiger partial charge in [-0.15, -0.1) is 0 Å². The summed E-state index contributed by atoms with van der Waals surface area (Å²) >= 11 is 0. The van der Waals surface area contributed by atoms with Crippen LogP contribution in [-0.4, -0.2) is 32.9 Å². The molecule has 3 heterocycles. The SMILES string of the molecule is C=CC(=C)N1CCC(Cc2ccc3ncnc(C)c3n2)C1. The van der Waals surface area contributed by atoms with Crippen molar-refractivity contribution in [1.29, 1.82) is 0 Å². The molecule has 1 aliphatic heterocycles. The summed E-state index contributed by atoms with van der Waals surface area (Å²) in [6.07, 6.45) is 5.59. The zero-order valence-corrected chi connectivity index (χ0v) is 12.4. The third-order valence-electron chi connectivity index (χ3n) is 4.15. The molecular weight excluding hydrogens is 260 g/mol. The van der Waals surface area contributed by atoms with Gasteiger partial charge in [0.25, 0.3) is 0 Å². The Kier molecular flexibility index (Phi) is 3.69. The van der Waals surface area contributed by atoms with Crippen LogP contribution in [0.2, 0.25) is 0 Å². The monoisotopic (exact) mass is 280 g/mol. The number of hydrogen-bond donors (Lipinski definition) is 0. The van der Waals surface area contributed by atoms with Crippen molar-refractivity contribution in [2.75, 3.05) is 13.1 Å². The molecule has 0 bridgehead atoms. The zero-order valence-electron chi connectivity index (χ0n) is 12.4. The van der Waals surface area contributed by atoms with Crippen molar-refractivity contribution in [3.8, 4) is 0 Å². The molecule has 0 saturated carbocycles. The fourth-order valence-corrected chi connectivity index (χ4v) is 2.90. The lowest BCUT2D eigenvalue weighted by Crippen LogP contribution is -2.18. The predicted octanol–water partition coefficient (Wildman–Crippen LogP) is 2.90. The molecule has 21 heavy (non-hydrogen) atoms. The first kappa shape index (κ1) is 13.7. The molecule has 1 saturated heterocycles. The summed E-state index contributed by atoms with van der Waals surface area (Å²) in [5.74, 6) is 0.622. The molecule has 0 spiro atoms. The van der Waals surface area contributed by atoms with Crippen LogP contribution in [-0.2, 0) is 6.42 Å². The Morgan fingerprint density at radius 3 is 3.10 bits per heavy atom. The number of hydrogen-bond acceptors (Lipinski definition) is 4. The van der Waals surface area contributed by atoms with E-state index in [0.717, 1.165) is 47.6 Å². The third kappa shape index (κ3) is 2.79. The molecule has 1 atom stereocenters. The van der Waals surface area contributed by atoms with Gasteiger partial charge in [0, 0.05) is 24.5 Å². The maximum atomic E-state index is 4.74. The Labute approximate surface area is 125 Å². The van der Waals surface area contributed by atoms with Gasteiger partial charge in [-0.3, -0.25) is 0 Å². The molecule has 4 nitrogen and oxygen atoms in total. The molecule has 1 aliphatic rings. The van der Waals surface area contributed by atoms with Gasteiger partial charge >= 0.3 is 0 Å². The first-order valence-electron chi connectivity index (χ1n) is 7.31. The normalized spacial score (nSPS) is 18.1. The van der Waals surface area contributed by atoms with Crippen molar-refractivity contribution < 1.29 is 0 Å². The van der Waals surface area contributed by atoms with Crippen molar-refractivity contribution in [2.24, 2.45) is 5.92 Å². The third-order valence-corrected chi connectivity index (χ3v) is 4.15. The number of allylic oxidation sites excluding steroid dienone is 1. The van der Waals surface area contributed by atoms with Gasteiger partial charge in [0.15, 0.2) is 0 Å². The summed E-state index contributed by atoms with van der Waals surface area (Å²) in [6, 6.07) is 4.13. The van der Waals surface area contributed by atoms with E-state index in [1.54, 1.807) is 6.33 Å². The summed E-state index contributed by atoms with van der Waals surface area (Å²) in [6.45, 7) is 11.9. The van der Waals surface area contributed by atoms with Crippen molar-refractivity contribution in [3.63, 3.8) is 0 Å². The van der Waals surface area contributed by atoms with E-state index >= 15 is 0 Å². The van der Waals surface area contributed by atoms with Crippen molar-refractivity contribution in [2.45, 2.75) is 19.8 Å². The topological polar surface area (TPSA) is 41.9 Å². The smallest absolute Gasteiger partial charge is 0.116 e. The number of likely N-dealkylation sites (tertiary alicyclic amines) is 1. The predicted molar refractivity (Wildman–Crippen MR) is 84.8 cm³/mol. The Balaban J connectivity index is 1.75. The molecule has 0 aromatic carbocycles. The van der Waals surface area contributed by atoms with Gasteiger partial charge in [0.05, 0.1) is 11.2 Å². The minimum Gasteiger partial charge on any atom is -0.372 e. The van der Waals surface area contributed by atoms with Crippen LogP contribution in [0.1, 0.15) is 17.8 Å². The summed E-state index contributed by atoms with van der Waals surface area (Å²) in [5.41, 5.74) is 4.92. The number of rotatable bonds is 4. The average molecular weight is 280 g/mol. The Hall–Kier alpha value is -2.23. The minimum atomic E-state index is 0.622. The van der Waals surface area contributed by atoms with Crippen LogP contribution in [0, 0.1) is 12.8 Å². The van der Waals surface area contributed by atoms with Crippen LogP contribution in [0.3, 0.4) is 0 Å². The number of nitrogens with zero attached hydrogens (tertiary/aromatic N) is 4. The van der Waals surface area contributed by atoms with Gasteiger partial charge in [-0.1, -0.05) is 13.2 Å². The number of fused-ring (bicyclic) bond motifs is 1. The van der Waals surface area contributed by atoms with E-state index in [-0.39, 0.29) is 0 Å². The Morgan fingerprint density at radius 2 is 2.29 bits per heavy atom. The van der Waals surface area contributed by atoms with Gasteiger partial charge in [0.1, 0.15) is 11.8 Å². The maximum absolute atomic E-state index is 4.74. The van der Waals surface area contributed by atoms with Gasteiger partial charge < -0.3 is 4.90 Å². The van der Waals surface area contributed by atoms with E-state index in [0.29, 0.717) is 5.92 Å². The molecule has 1 fully saturated rings. The lowest BCUT2D eigenvalue weighted by molar-refractivity contribution is 0.415. The van der Waals surface area contributed by atoms with Crippen molar-refractivity contribution in [3.05, 3.63) is 54.8 Å². The quantitative estimate of drug-likeness (QED) is 0.808. The van der Waals surface area contributed by atoms with Gasteiger partial charge in [0.2, 0.25) is 0 Å². The first-order valence-corrected chi connectivity index (χ1v) is 7.31. The molecule has 4 heteroatoms. The Morgan fingerprint density at radius 1 is 1.43 bits per heavy atom. The van der Waals surface area contributed by atoms with Crippen LogP contribution in [0.25, 0.3) is 11.0 Å². The van der Waals surface area contributed by atoms with E-state index in [2.05, 4.69) is 34.1 Å². The molecule has 0 amide bonds. The van der Waals surface area contributed by atoms with Crippen molar-refractivity contribution >= 4 is 11.0 Å². The second kappa shape index (κ2) is 5.64.